The minimum absolute atomic E-state index is 0.239. The second-order valence-electron chi connectivity index (χ2n) is 5.10. The van der Waals surface area contributed by atoms with Crippen molar-refractivity contribution in [2.24, 2.45) is 0 Å². The molecule has 0 bridgehead atoms. The van der Waals surface area contributed by atoms with Gasteiger partial charge in [0.1, 0.15) is 11.3 Å². The van der Waals surface area contributed by atoms with E-state index in [4.69, 9.17) is 4.74 Å². The van der Waals surface area contributed by atoms with Crippen molar-refractivity contribution in [2.75, 3.05) is 0 Å². The minimum atomic E-state index is -0.700. The van der Waals surface area contributed by atoms with Crippen LogP contribution in [0, 0.1) is 11.3 Å². The lowest BCUT2D eigenvalue weighted by Crippen LogP contribution is -2.49. The third-order valence-electron chi connectivity index (χ3n) is 3.53. The summed E-state index contributed by atoms with van der Waals surface area (Å²) >= 11 is 3.34. The Labute approximate surface area is 127 Å². The zero-order valence-corrected chi connectivity index (χ0v) is 12.9. The summed E-state index contributed by atoms with van der Waals surface area (Å²) in [6.45, 7) is 1.69. The normalized spacial score (nSPS) is 18.1. The molecule has 1 aliphatic carbocycles. The number of benzene rings is 1. The molecule has 1 saturated carbocycles. The number of ether oxygens (including phenoxy) is 1. The molecule has 5 heteroatoms. The second kappa shape index (κ2) is 6.27. The van der Waals surface area contributed by atoms with Crippen molar-refractivity contribution in [1.29, 1.82) is 5.26 Å². The van der Waals surface area contributed by atoms with E-state index in [1.807, 2.05) is 12.1 Å². The fourth-order valence-corrected chi connectivity index (χ4v) is 2.62. The van der Waals surface area contributed by atoms with Gasteiger partial charge in [0, 0.05) is 4.47 Å². The van der Waals surface area contributed by atoms with Crippen LogP contribution in [0.1, 0.15) is 32.6 Å². The van der Waals surface area contributed by atoms with E-state index in [1.165, 1.54) is 0 Å². The van der Waals surface area contributed by atoms with Crippen LogP contribution in [0.2, 0.25) is 0 Å². The Bertz CT molecular complexity index is 516. The minimum Gasteiger partial charge on any atom is -0.481 e. The predicted octanol–water partition coefficient (Wildman–Crippen LogP) is 3.17. The van der Waals surface area contributed by atoms with Crippen molar-refractivity contribution in [3.05, 3.63) is 28.7 Å². The Hall–Kier alpha value is -1.54. The topological polar surface area (TPSA) is 62.1 Å². The summed E-state index contributed by atoms with van der Waals surface area (Å²) in [5.41, 5.74) is -0.700. The van der Waals surface area contributed by atoms with E-state index in [9.17, 15) is 10.1 Å². The molecule has 0 heterocycles. The highest BCUT2D eigenvalue weighted by Gasteiger charge is 2.36. The van der Waals surface area contributed by atoms with Crippen LogP contribution < -0.4 is 10.1 Å². The molecule has 0 aromatic heterocycles. The van der Waals surface area contributed by atoms with E-state index in [1.54, 1.807) is 19.1 Å². The molecule has 2 rings (SSSR count). The molecule has 0 spiro atoms. The number of amides is 1. The highest BCUT2D eigenvalue weighted by atomic mass is 79.9. The van der Waals surface area contributed by atoms with E-state index in [0.717, 1.165) is 30.2 Å². The molecule has 1 N–H and O–H groups in total. The summed E-state index contributed by atoms with van der Waals surface area (Å²) in [7, 11) is 0. The average molecular weight is 337 g/mol. The number of hydrogen-bond donors (Lipinski definition) is 1. The Kier molecular flexibility index (Phi) is 4.66. The highest BCUT2D eigenvalue weighted by molar-refractivity contribution is 9.10. The van der Waals surface area contributed by atoms with Crippen LogP contribution in [-0.2, 0) is 4.79 Å². The molecule has 106 valence electrons. The highest BCUT2D eigenvalue weighted by Crippen LogP contribution is 2.29. The van der Waals surface area contributed by atoms with Crippen LogP contribution >= 0.6 is 15.9 Å². The number of nitrogens with zero attached hydrogens (tertiary/aromatic N) is 1. The smallest absolute Gasteiger partial charge is 0.262 e. The number of carbonyl (C=O) groups excluding carboxylic acids is 1. The van der Waals surface area contributed by atoms with Gasteiger partial charge in [0.2, 0.25) is 0 Å². The summed E-state index contributed by atoms with van der Waals surface area (Å²) in [6, 6.07) is 9.54. The fourth-order valence-electron chi connectivity index (χ4n) is 2.35. The third-order valence-corrected chi connectivity index (χ3v) is 4.06. The van der Waals surface area contributed by atoms with Crippen molar-refractivity contribution in [2.45, 2.75) is 44.2 Å². The van der Waals surface area contributed by atoms with Crippen LogP contribution in [0.4, 0.5) is 0 Å². The molecule has 1 aromatic rings. The van der Waals surface area contributed by atoms with Gasteiger partial charge in [-0.1, -0.05) is 15.9 Å². The van der Waals surface area contributed by atoms with E-state index in [-0.39, 0.29) is 5.91 Å². The summed E-state index contributed by atoms with van der Waals surface area (Å²) < 4.78 is 6.54. The molecule has 1 fully saturated rings. The van der Waals surface area contributed by atoms with Crippen molar-refractivity contribution < 1.29 is 9.53 Å². The summed E-state index contributed by atoms with van der Waals surface area (Å²) in [4.78, 5) is 12.1. The Morgan fingerprint density at radius 3 is 2.55 bits per heavy atom. The van der Waals surface area contributed by atoms with Crippen molar-refractivity contribution in [1.82, 2.24) is 5.32 Å². The lowest BCUT2D eigenvalue weighted by atomic mass is 9.99. The zero-order chi connectivity index (χ0) is 14.6. The van der Waals surface area contributed by atoms with Crippen LogP contribution in [0.5, 0.6) is 5.75 Å². The predicted molar refractivity (Wildman–Crippen MR) is 79.2 cm³/mol. The average Bonchev–Trinajstić information content (AvgIpc) is 2.90. The van der Waals surface area contributed by atoms with Gasteiger partial charge in [-0.25, -0.2) is 0 Å². The monoisotopic (exact) mass is 336 g/mol. The molecule has 0 radical (unpaired) electrons. The first-order chi connectivity index (χ1) is 9.54. The van der Waals surface area contributed by atoms with Crippen molar-refractivity contribution >= 4 is 21.8 Å². The van der Waals surface area contributed by atoms with Crippen LogP contribution in [-0.4, -0.2) is 17.6 Å². The van der Waals surface area contributed by atoms with Crippen molar-refractivity contribution in [3.8, 4) is 11.8 Å². The largest absolute Gasteiger partial charge is 0.481 e. The standard InChI is InChI=1S/C15H17BrN2O2/c1-11(20-13-6-4-12(16)5-7-13)14(19)18-15(10-17)8-2-3-9-15/h4-7,11H,2-3,8-9H2,1H3,(H,18,19). The summed E-state index contributed by atoms with van der Waals surface area (Å²) in [6.07, 6.45) is 2.79. The first kappa shape index (κ1) is 14.9. The number of carbonyl (C=O) groups is 1. The number of nitrogens with one attached hydrogen (secondary N) is 1. The molecule has 1 atom stereocenters. The molecule has 20 heavy (non-hydrogen) atoms. The van der Waals surface area contributed by atoms with E-state index >= 15 is 0 Å². The van der Waals surface area contributed by atoms with Gasteiger partial charge in [-0.2, -0.15) is 5.26 Å². The van der Waals surface area contributed by atoms with Gasteiger partial charge in [0.15, 0.2) is 6.10 Å². The quantitative estimate of drug-likeness (QED) is 0.918. The molecule has 0 saturated heterocycles. The zero-order valence-electron chi connectivity index (χ0n) is 11.4. The summed E-state index contributed by atoms with van der Waals surface area (Å²) in [5.74, 6) is 0.393. The number of nitriles is 1. The second-order valence-corrected chi connectivity index (χ2v) is 6.02. The lowest BCUT2D eigenvalue weighted by Gasteiger charge is -2.24. The Balaban J connectivity index is 1.95. The molecule has 0 aliphatic heterocycles. The first-order valence-electron chi connectivity index (χ1n) is 6.70. The summed E-state index contributed by atoms with van der Waals surface area (Å²) in [5, 5.41) is 12.1. The SMILES string of the molecule is CC(Oc1ccc(Br)cc1)C(=O)NC1(C#N)CCCC1. The maximum Gasteiger partial charge on any atom is 0.262 e. The molecule has 1 amide bonds. The molecule has 1 aromatic carbocycles. The van der Waals surface area contributed by atoms with Crippen LogP contribution in [0.25, 0.3) is 0 Å². The van der Waals surface area contributed by atoms with Gasteiger partial charge in [0.25, 0.3) is 5.91 Å². The van der Waals surface area contributed by atoms with Gasteiger partial charge in [-0.05, 0) is 56.9 Å². The maximum absolute atomic E-state index is 12.1. The third kappa shape index (κ3) is 3.51. The lowest BCUT2D eigenvalue weighted by molar-refractivity contribution is -0.128. The van der Waals surface area contributed by atoms with Gasteiger partial charge < -0.3 is 10.1 Å². The van der Waals surface area contributed by atoms with Crippen LogP contribution in [0.15, 0.2) is 28.7 Å². The van der Waals surface area contributed by atoms with E-state index in [2.05, 4.69) is 27.3 Å². The molecule has 1 aliphatic rings. The van der Waals surface area contributed by atoms with Gasteiger partial charge in [0.05, 0.1) is 6.07 Å². The molecule has 1 unspecified atom stereocenters. The van der Waals surface area contributed by atoms with Crippen molar-refractivity contribution in [3.63, 3.8) is 0 Å². The number of halogens is 1. The molecule has 4 nitrogen and oxygen atoms in total. The van der Waals surface area contributed by atoms with Gasteiger partial charge in [-0.15, -0.1) is 0 Å². The van der Waals surface area contributed by atoms with E-state index < -0.39 is 11.6 Å². The van der Waals surface area contributed by atoms with Crippen LogP contribution in [0.3, 0.4) is 0 Å². The maximum atomic E-state index is 12.1. The Morgan fingerprint density at radius 1 is 1.40 bits per heavy atom. The fraction of sp³-hybridized carbons (Fsp3) is 0.467. The Morgan fingerprint density at radius 2 is 2.00 bits per heavy atom. The van der Waals surface area contributed by atoms with Gasteiger partial charge >= 0.3 is 0 Å². The molecular weight excluding hydrogens is 320 g/mol. The first-order valence-corrected chi connectivity index (χ1v) is 7.49. The molecular formula is C15H17BrN2O2. The van der Waals surface area contributed by atoms with E-state index in [0.29, 0.717) is 5.75 Å². The van der Waals surface area contributed by atoms with Gasteiger partial charge in [-0.3, -0.25) is 4.79 Å². The number of rotatable bonds is 4. The number of hydrogen-bond acceptors (Lipinski definition) is 3.